The molecule has 3 N–H and O–H groups in total. The van der Waals surface area contributed by atoms with Crippen LogP contribution in [0.1, 0.15) is 38.7 Å². The van der Waals surface area contributed by atoms with Gasteiger partial charge in [-0.25, -0.2) is 0 Å². The van der Waals surface area contributed by atoms with Crippen LogP contribution in [0.2, 0.25) is 0 Å². The molecule has 21 heavy (non-hydrogen) atoms. The zero-order chi connectivity index (χ0) is 15.2. The van der Waals surface area contributed by atoms with Crippen LogP contribution in [-0.2, 0) is 6.54 Å². The van der Waals surface area contributed by atoms with E-state index in [9.17, 15) is 5.11 Å². The maximum absolute atomic E-state index is 10.3. The molecular weight excluding hydrogens is 264 g/mol. The molecule has 1 fully saturated rings. The molecule has 0 amide bonds. The van der Waals surface area contributed by atoms with Crippen molar-refractivity contribution in [1.29, 1.82) is 0 Å². The van der Waals surface area contributed by atoms with Crippen LogP contribution in [0.4, 0.5) is 0 Å². The van der Waals surface area contributed by atoms with Crippen molar-refractivity contribution < 1.29 is 9.84 Å². The van der Waals surface area contributed by atoms with E-state index in [0.29, 0.717) is 31.8 Å². The number of nitrogens with zero attached hydrogens (tertiary/aromatic N) is 1. The summed E-state index contributed by atoms with van der Waals surface area (Å²) in [5.74, 6) is 0.778. The zero-order valence-corrected chi connectivity index (χ0v) is 13.2. The molecule has 2 rings (SSSR count). The third kappa shape index (κ3) is 4.19. The van der Waals surface area contributed by atoms with Gasteiger partial charge in [-0.1, -0.05) is 25.1 Å². The van der Waals surface area contributed by atoms with Gasteiger partial charge in [0.05, 0.1) is 0 Å². The second-order valence-electron chi connectivity index (χ2n) is 5.96. The number of rotatable bonds is 7. The Bertz CT molecular complexity index is 439. The highest BCUT2D eigenvalue weighted by Gasteiger charge is 2.30. The highest BCUT2D eigenvalue weighted by Crippen LogP contribution is 2.26. The highest BCUT2D eigenvalue weighted by molar-refractivity contribution is 5.32. The quantitative estimate of drug-likeness (QED) is 0.808. The molecule has 0 spiro atoms. The standard InChI is InChI=1S/C17H28N2O2/c1-3-15-9-8-13(2)19(15)11-16(20)12-21-17-7-5-4-6-14(17)10-18/h4-7,13,15-16,20H,3,8-12,18H2,1-2H3. The molecule has 1 heterocycles. The van der Waals surface area contributed by atoms with Gasteiger partial charge < -0.3 is 15.6 Å². The highest BCUT2D eigenvalue weighted by atomic mass is 16.5. The van der Waals surface area contributed by atoms with Gasteiger partial charge in [0.2, 0.25) is 0 Å². The minimum Gasteiger partial charge on any atom is -0.491 e. The number of hydrogen-bond acceptors (Lipinski definition) is 4. The maximum atomic E-state index is 10.3. The van der Waals surface area contributed by atoms with E-state index >= 15 is 0 Å². The summed E-state index contributed by atoms with van der Waals surface area (Å²) in [5, 5.41) is 10.3. The average Bonchev–Trinajstić information content (AvgIpc) is 2.86. The van der Waals surface area contributed by atoms with Crippen molar-refractivity contribution in [2.75, 3.05) is 13.2 Å². The maximum Gasteiger partial charge on any atom is 0.123 e. The first kappa shape index (κ1) is 16.3. The molecule has 0 radical (unpaired) electrons. The summed E-state index contributed by atoms with van der Waals surface area (Å²) in [5.41, 5.74) is 6.67. The van der Waals surface area contributed by atoms with Crippen molar-refractivity contribution in [2.24, 2.45) is 5.73 Å². The number of likely N-dealkylation sites (tertiary alicyclic amines) is 1. The van der Waals surface area contributed by atoms with E-state index in [0.717, 1.165) is 17.7 Å². The molecule has 1 aromatic rings. The Labute approximate surface area is 127 Å². The molecular formula is C17H28N2O2. The SMILES string of the molecule is CCC1CCC(C)N1CC(O)COc1ccccc1CN. The first-order valence-electron chi connectivity index (χ1n) is 8.00. The minimum absolute atomic E-state index is 0.316. The molecule has 1 aliphatic heterocycles. The van der Waals surface area contributed by atoms with Crippen molar-refractivity contribution in [3.05, 3.63) is 29.8 Å². The van der Waals surface area contributed by atoms with E-state index in [1.165, 1.54) is 12.8 Å². The molecule has 118 valence electrons. The Morgan fingerprint density at radius 3 is 2.86 bits per heavy atom. The van der Waals surface area contributed by atoms with Crippen LogP contribution in [0, 0.1) is 0 Å². The van der Waals surface area contributed by atoms with Gasteiger partial charge in [0.15, 0.2) is 0 Å². The van der Waals surface area contributed by atoms with Crippen LogP contribution in [-0.4, -0.2) is 41.3 Å². The summed E-state index contributed by atoms with van der Waals surface area (Å²) in [6.45, 7) is 5.91. The molecule has 4 heteroatoms. The Kier molecular flexibility index (Phi) is 6.03. The third-order valence-electron chi connectivity index (χ3n) is 4.47. The van der Waals surface area contributed by atoms with Gasteiger partial charge in [-0.15, -0.1) is 0 Å². The molecule has 3 atom stereocenters. The summed E-state index contributed by atoms with van der Waals surface area (Å²) in [6, 6.07) is 8.89. The third-order valence-corrected chi connectivity index (χ3v) is 4.47. The smallest absolute Gasteiger partial charge is 0.123 e. The van der Waals surface area contributed by atoms with Gasteiger partial charge in [0.25, 0.3) is 0 Å². The normalized spacial score (nSPS) is 24.2. The molecule has 0 aliphatic carbocycles. The van der Waals surface area contributed by atoms with Gasteiger partial charge in [-0.05, 0) is 32.3 Å². The first-order valence-corrected chi connectivity index (χ1v) is 8.00. The topological polar surface area (TPSA) is 58.7 Å². The molecule has 0 saturated carbocycles. The lowest BCUT2D eigenvalue weighted by Crippen LogP contribution is -2.41. The van der Waals surface area contributed by atoms with Crippen molar-refractivity contribution in [2.45, 2.75) is 57.8 Å². The van der Waals surface area contributed by atoms with E-state index in [-0.39, 0.29) is 0 Å². The number of benzene rings is 1. The molecule has 0 aromatic heterocycles. The van der Waals surface area contributed by atoms with E-state index in [2.05, 4.69) is 18.7 Å². The summed E-state index contributed by atoms with van der Waals surface area (Å²) >= 11 is 0. The Hall–Kier alpha value is -1.10. The molecule has 3 unspecified atom stereocenters. The average molecular weight is 292 g/mol. The second-order valence-corrected chi connectivity index (χ2v) is 5.96. The van der Waals surface area contributed by atoms with Crippen molar-refractivity contribution in [3.8, 4) is 5.75 Å². The molecule has 4 nitrogen and oxygen atoms in total. The summed E-state index contributed by atoms with van der Waals surface area (Å²) in [4.78, 5) is 2.42. The van der Waals surface area contributed by atoms with Crippen LogP contribution >= 0.6 is 0 Å². The zero-order valence-electron chi connectivity index (χ0n) is 13.2. The van der Waals surface area contributed by atoms with Crippen molar-refractivity contribution >= 4 is 0 Å². The fourth-order valence-corrected chi connectivity index (χ4v) is 3.19. The number of β-amino-alcohol motifs (C(OH)–C–C–N with tert-alkyl or cyclic N) is 1. The van der Waals surface area contributed by atoms with Crippen LogP contribution in [0.5, 0.6) is 5.75 Å². The van der Waals surface area contributed by atoms with E-state index in [1.54, 1.807) is 0 Å². The largest absolute Gasteiger partial charge is 0.491 e. The first-order chi connectivity index (χ1) is 10.2. The number of aliphatic hydroxyl groups excluding tert-OH is 1. The van der Waals surface area contributed by atoms with Gasteiger partial charge in [0, 0.05) is 30.7 Å². The predicted octanol–water partition coefficient (Wildman–Crippen LogP) is 2.15. The molecule has 1 aromatic carbocycles. The van der Waals surface area contributed by atoms with Crippen LogP contribution in [0.3, 0.4) is 0 Å². The van der Waals surface area contributed by atoms with E-state index in [4.69, 9.17) is 10.5 Å². The van der Waals surface area contributed by atoms with Gasteiger partial charge >= 0.3 is 0 Å². The lowest BCUT2D eigenvalue weighted by molar-refractivity contribution is 0.0511. The second kappa shape index (κ2) is 7.78. The van der Waals surface area contributed by atoms with Gasteiger partial charge in [0.1, 0.15) is 18.5 Å². The fourth-order valence-electron chi connectivity index (χ4n) is 3.19. The van der Waals surface area contributed by atoms with Crippen molar-refractivity contribution in [3.63, 3.8) is 0 Å². The summed E-state index contributed by atoms with van der Waals surface area (Å²) in [6.07, 6.45) is 3.14. The number of hydrogen-bond donors (Lipinski definition) is 2. The number of aliphatic hydroxyl groups is 1. The van der Waals surface area contributed by atoms with E-state index < -0.39 is 6.10 Å². The Morgan fingerprint density at radius 1 is 1.38 bits per heavy atom. The fraction of sp³-hybridized carbons (Fsp3) is 0.647. The molecule has 1 saturated heterocycles. The van der Waals surface area contributed by atoms with Crippen molar-refractivity contribution in [1.82, 2.24) is 4.90 Å². The summed E-state index contributed by atoms with van der Waals surface area (Å²) < 4.78 is 5.75. The van der Waals surface area contributed by atoms with Crippen LogP contribution in [0.15, 0.2) is 24.3 Å². The Morgan fingerprint density at radius 2 is 2.14 bits per heavy atom. The molecule has 1 aliphatic rings. The van der Waals surface area contributed by atoms with Crippen LogP contribution in [0.25, 0.3) is 0 Å². The van der Waals surface area contributed by atoms with Crippen LogP contribution < -0.4 is 10.5 Å². The monoisotopic (exact) mass is 292 g/mol. The van der Waals surface area contributed by atoms with E-state index in [1.807, 2.05) is 24.3 Å². The number of para-hydroxylation sites is 1. The lowest BCUT2D eigenvalue weighted by atomic mass is 10.1. The number of nitrogens with two attached hydrogens (primary N) is 1. The summed E-state index contributed by atoms with van der Waals surface area (Å²) in [7, 11) is 0. The molecule has 0 bridgehead atoms. The van der Waals surface area contributed by atoms with Gasteiger partial charge in [-0.2, -0.15) is 0 Å². The van der Waals surface area contributed by atoms with Gasteiger partial charge in [-0.3, -0.25) is 4.90 Å². The Balaban J connectivity index is 1.85. The lowest BCUT2D eigenvalue weighted by Gasteiger charge is -2.29. The predicted molar refractivity (Wildman–Crippen MR) is 85.3 cm³/mol. The number of ether oxygens (including phenoxy) is 1. The minimum atomic E-state index is -0.467.